The van der Waals surface area contributed by atoms with Crippen LogP contribution in [0.4, 0.5) is 5.69 Å². The van der Waals surface area contributed by atoms with Crippen molar-refractivity contribution in [2.75, 3.05) is 5.32 Å². The van der Waals surface area contributed by atoms with Crippen molar-refractivity contribution in [3.63, 3.8) is 0 Å². The van der Waals surface area contributed by atoms with Gasteiger partial charge in [-0.05, 0) is 24.6 Å². The summed E-state index contributed by atoms with van der Waals surface area (Å²) in [7, 11) is 0. The second-order valence-corrected chi connectivity index (χ2v) is 3.66. The third kappa shape index (κ3) is 2.48. The summed E-state index contributed by atoms with van der Waals surface area (Å²) >= 11 is 0. The molecule has 0 saturated carbocycles. The average molecular weight is 210 g/mol. The summed E-state index contributed by atoms with van der Waals surface area (Å²) in [6, 6.07) is 14.0. The van der Waals surface area contributed by atoms with E-state index in [4.69, 9.17) is 0 Å². The highest BCUT2D eigenvalue weighted by molar-refractivity contribution is 5.74. The SMILES string of the molecule is C=C(Nc1ccc(C)nc1)c1ccccc1. The van der Waals surface area contributed by atoms with Crippen LogP contribution >= 0.6 is 0 Å². The Balaban J connectivity index is 2.11. The largest absolute Gasteiger partial charge is 0.354 e. The van der Waals surface area contributed by atoms with Crippen LogP contribution in [0.5, 0.6) is 0 Å². The first kappa shape index (κ1) is 10.4. The first-order valence-corrected chi connectivity index (χ1v) is 5.20. The van der Waals surface area contributed by atoms with Gasteiger partial charge in [-0.1, -0.05) is 36.9 Å². The standard InChI is InChI=1S/C14H14N2/c1-11-8-9-14(10-15-11)16-12(2)13-6-4-3-5-7-13/h3-10,16H,2H2,1H3. The average Bonchev–Trinajstić information content (AvgIpc) is 2.33. The van der Waals surface area contributed by atoms with Crippen molar-refractivity contribution in [3.8, 4) is 0 Å². The smallest absolute Gasteiger partial charge is 0.0570 e. The number of nitrogens with one attached hydrogen (secondary N) is 1. The van der Waals surface area contributed by atoms with Gasteiger partial charge in [-0.25, -0.2) is 0 Å². The second-order valence-electron chi connectivity index (χ2n) is 3.66. The highest BCUT2D eigenvalue weighted by atomic mass is 14.9. The van der Waals surface area contributed by atoms with Crippen LogP contribution in [-0.4, -0.2) is 4.98 Å². The Morgan fingerprint density at radius 1 is 1.12 bits per heavy atom. The van der Waals surface area contributed by atoms with E-state index in [-0.39, 0.29) is 0 Å². The zero-order valence-corrected chi connectivity index (χ0v) is 9.27. The molecule has 0 radical (unpaired) electrons. The van der Waals surface area contributed by atoms with E-state index in [0.717, 1.165) is 22.6 Å². The van der Waals surface area contributed by atoms with E-state index in [1.54, 1.807) is 0 Å². The molecular weight excluding hydrogens is 196 g/mol. The predicted octanol–water partition coefficient (Wildman–Crippen LogP) is 3.47. The molecule has 0 unspecified atom stereocenters. The normalized spacial score (nSPS) is 9.81. The molecule has 1 heterocycles. The lowest BCUT2D eigenvalue weighted by Crippen LogP contribution is -1.97. The molecule has 1 aromatic heterocycles. The van der Waals surface area contributed by atoms with Crippen LogP contribution in [0.2, 0.25) is 0 Å². The molecular formula is C14H14N2. The summed E-state index contributed by atoms with van der Waals surface area (Å²) in [4.78, 5) is 4.22. The van der Waals surface area contributed by atoms with Crippen molar-refractivity contribution in [1.29, 1.82) is 0 Å². The molecule has 16 heavy (non-hydrogen) atoms. The van der Waals surface area contributed by atoms with E-state index in [1.165, 1.54) is 0 Å². The molecule has 0 aliphatic heterocycles. The van der Waals surface area contributed by atoms with Gasteiger partial charge in [-0.3, -0.25) is 4.98 Å². The molecule has 80 valence electrons. The second kappa shape index (κ2) is 4.62. The number of hydrogen-bond donors (Lipinski definition) is 1. The Kier molecular flexibility index (Phi) is 3.01. The first-order valence-electron chi connectivity index (χ1n) is 5.20. The van der Waals surface area contributed by atoms with Gasteiger partial charge in [-0.15, -0.1) is 0 Å². The van der Waals surface area contributed by atoms with E-state index in [2.05, 4.69) is 16.9 Å². The van der Waals surface area contributed by atoms with Gasteiger partial charge in [0.1, 0.15) is 0 Å². The molecule has 2 heteroatoms. The summed E-state index contributed by atoms with van der Waals surface area (Å²) in [5, 5.41) is 3.23. The molecule has 1 N–H and O–H groups in total. The van der Waals surface area contributed by atoms with Crippen molar-refractivity contribution in [2.45, 2.75) is 6.92 Å². The van der Waals surface area contributed by atoms with Crippen LogP contribution in [0.1, 0.15) is 11.3 Å². The molecule has 0 bridgehead atoms. The monoisotopic (exact) mass is 210 g/mol. The van der Waals surface area contributed by atoms with Crippen molar-refractivity contribution in [3.05, 3.63) is 66.5 Å². The number of benzene rings is 1. The van der Waals surface area contributed by atoms with Crippen LogP contribution in [-0.2, 0) is 0 Å². The Bertz CT molecular complexity index is 472. The molecule has 1 aromatic carbocycles. The quantitative estimate of drug-likeness (QED) is 0.839. The van der Waals surface area contributed by atoms with Crippen LogP contribution in [0, 0.1) is 6.92 Å². The fourth-order valence-electron chi connectivity index (χ4n) is 1.43. The topological polar surface area (TPSA) is 24.9 Å². The van der Waals surface area contributed by atoms with Crippen molar-refractivity contribution in [1.82, 2.24) is 4.98 Å². The highest BCUT2D eigenvalue weighted by Crippen LogP contribution is 2.15. The van der Waals surface area contributed by atoms with Gasteiger partial charge in [-0.2, -0.15) is 0 Å². The molecule has 0 amide bonds. The maximum absolute atomic E-state index is 4.22. The fourth-order valence-corrected chi connectivity index (χ4v) is 1.43. The maximum atomic E-state index is 4.22. The zero-order valence-electron chi connectivity index (χ0n) is 9.27. The van der Waals surface area contributed by atoms with Gasteiger partial charge in [0.2, 0.25) is 0 Å². The van der Waals surface area contributed by atoms with Gasteiger partial charge < -0.3 is 5.32 Å². The van der Waals surface area contributed by atoms with Gasteiger partial charge in [0.25, 0.3) is 0 Å². The van der Waals surface area contributed by atoms with E-state index < -0.39 is 0 Å². The van der Waals surface area contributed by atoms with Crippen LogP contribution < -0.4 is 5.32 Å². The van der Waals surface area contributed by atoms with E-state index in [9.17, 15) is 0 Å². The number of aryl methyl sites for hydroxylation is 1. The minimum Gasteiger partial charge on any atom is -0.354 e. The van der Waals surface area contributed by atoms with Gasteiger partial charge in [0.15, 0.2) is 0 Å². The molecule has 0 spiro atoms. The van der Waals surface area contributed by atoms with Crippen molar-refractivity contribution >= 4 is 11.4 Å². The summed E-state index contributed by atoms with van der Waals surface area (Å²) in [6.07, 6.45) is 1.81. The summed E-state index contributed by atoms with van der Waals surface area (Å²) in [5.74, 6) is 0. The predicted molar refractivity (Wildman–Crippen MR) is 68.1 cm³/mol. The molecule has 0 saturated heterocycles. The number of pyridine rings is 1. The lowest BCUT2D eigenvalue weighted by molar-refractivity contribution is 1.20. The number of aromatic nitrogens is 1. The molecule has 0 fully saturated rings. The highest BCUT2D eigenvalue weighted by Gasteiger charge is 1.98. The lowest BCUT2D eigenvalue weighted by atomic mass is 10.2. The van der Waals surface area contributed by atoms with E-state index >= 15 is 0 Å². The molecule has 0 aliphatic carbocycles. The minimum atomic E-state index is 0.881. The number of rotatable bonds is 3. The zero-order chi connectivity index (χ0) is 11.4. The summed E-state index contributed by atoms with van der Waals surface area (Å²) in [5.41, 5.74) is 3.93. The Hall–Kier alpha value is -2.09. The minimum absolute atomic E-state index is 0.881. The third-order valence-electron chi connectivity index (χ3n) is 2.33. The number of anilines is 1. The van der Waals surface area contributed by atoms with Crippen molar-refractivity contribution in [2.24, 2.45) is 0 Å². The Labute approximate surface area is 95.7 Å². The Morgan fingerprint density at radius 2 is 1.88 bits per heavy atom. The maximum Gasteiger partial charge on any atom is 0.0570 e. The van der Waals surface area contributed by atoms with Crippen LogP contribution in [0.15, 0.2) is 55.2 Å². The molecule has 0 aliphatic rings. The van der Waals surface area contributed by atoms with Gasteiger partial charge >= 0.3 is 0 Å². The van der Waals surface area contributed by atoms with Gasteiger partial charge in [0.05, 0.1) is 11.9 Å². The Morgan fingerprint density at radius 3 is 2.50 bits per heavy atom. The third-order valence-corrected chi connectivity index (χ3v) is 2.33. The van der Waals surface area contributed by atoms with Crippen molar-refractivity contribution < 1.29 is 0 Å². The number of nitrogens with zero attached hydrogens (tertiary/aromatic N) is 1. The number of hydrogen-bond acceptors (Lipinski definition) is 2. The fraction of sp³-hybridized carbons (Fsp3) is 0.0714. The molecule has 2 nitrogen and oxygen atoms in total. The van der Waals surface area contributed by atoms with E-state index in [1.807, 2.05) is 55.6 Å². The molecule has 2 rings (SSSR count). The van der Waals surface area contributed by atoms with E-state index in [0.29, 0.717) is 0 Å². The van der Waals surface area contributed by atoms with Crippen LogP contribution in [0.25, 0.3) is 5.70 Å². The summed E-state index contributed by atoms with van der Waals surface area (Å²) < 4.78 is 0. The summed E-state index contributed by atoms with van der Waals surface area (Å²) in [6.45, 7) is 5.97. The van der Waals surface area contributed by atoms with Gasteiger partial charge in [0, 0.05) is 11.4 Å². The molecule has 2 aromatic rings. The molecule has 0 atom stereocenters. The van der Waals surface area contributed by atoms with Crippen LogP contribution in [0.3, 0.4) is 0 Å². The first-order chi connectivity index (χ1) is 7.75. The lowest BCUT2D eigenvalue weighted by Gasteiger charge is -2.09.